The van der Waals surface area contributed by atoms with E-state index in [2.05, 4.69) is 65.1 Å². The molecule has 0 spiro atoms. The van der Waals surface area contributed by atoms with Crippen LogP contribution < -0.4 is 10.1 Å². The maximum absolute atomic E-state index is 5.86. The van der Waals surface area contributed by atoms with Crippen LogP contribution in [0.25, 0.3) is 0 Å². The monoisotopic (exact) mass is 518 g/mol. The van der Waals surface area contributed by atoms with E-state index in [0.29, 0.717) is 6.10 Å². The summed E-state index contributed by atoms with van der Waals surface area (Å²) in [6.45, 7) is 13.8. The summed E-state index contributed by atoms with van der Waals surface area (Å²) in [5.41, 5.74) is 1.22. The molecular weight excluding hydrogens is 479 g/mol. The van der Waals surface area contributed by atoms with E-state index in [1.807, 2.05) is 7.05 Å². The minimum absolute atomic E-state index is 0. The summed E-state index contributed by atoms with van der Waals surface area (Å²) in [4.78, 5) is 9.13. The van der Waals surface area contributed by atoms with Crippen molar-refractivity contribution in [3.63, 3.8) is 0 Å². The van der Waals surface area contributed by atoms with Gasteiger partial charge >= 0.3 is 0 Å². The number of piperidine rings is 1. The predicted octanol–water partition coefficient (Wildman–Crippen LogP) is 3.60. The summed E-state index contributed by atoms with van der Waals surface area (Å²) in [5.74, 6) is 1.90. The van der Waals surface area contributed by atoms with E-state index in [4.69, 9.17) is 9.47 Å². The number of hydrogen-bond donors (Lipinski definition) is 1. The average molecular weight is 518 g/mol. The summed E-state index contributed by atoms with van der Waals surface area (Å²) >= 11 is 0. The van der Waals surface area contributed by atoms with Gasteiger partial charge in [0.05, 0.1) is 6.10 Å². The van der Waals surface area contributed by atoms with Crippen LogP contribution in [-0.4, -0.2) is 74.8 Å². The molecule has 1 aliphatic heterocycles. The van der Waals surface area contributed by atoms with E-state index in [-0.39, 0.29) is 24.0 Å². The number of guanidine groups is 1. The molecule has 7 heteroatoms. The Balaban J connectivity index is 0.00000420. The van der Waals surface area contributed by atoms with Gasteiger partial charge in [-0.15, -0.1) is 24.0 Å². The highest BCUT2D eigenvalue weighted by molar-refractivity contribution is 14.0. The second-order valence-electron chi connectivity index (χ2n) is 7.06. The number of aliphatic imine (C=N–C) groups is 1. The number of hydrogen-bond acceptors (Lipinski definition) is 4. The molecule has 1 aromatic rings. The van der Waals surface area contributed by atoms with Crippen molar-refractivity contribution in [1.82, 2.24) is 15.1 Å². The van der Waals surface area contributed by atoms with Crippen molar-refractivity contribution in [1.29, 1.82) is 0 Å². The lowest BCUT2D eigenvalue weighted by molar-refractivity contribution is 0.0263. The fourth-order valence-electron chi connectivity index (χ4n) is 3.52. The number of likely N-dealkylation sites (tertiary alicyclic amines) is 1. The molecule has 29 heavy (non-hydrogen) atoms. The number of likely N-dealkylation sites (N-methyl/N-ethyl adjacent to an activating group) is 1. The van der Waals surface area contributed by atoms with Crippen molar-refractivity contribution in [3.8, 4) is 5.75 Å². The summed E-state index contributed by atoms with van der Waals surface area (Å²) in [5, 5.41) is 3.48. The SMILES string of the molecule is CCOC1CCN(C(=NC)NCc2ccc(OCCN(CC)CC)cc2)CC1.I. The van der Waals surface area contributed by atoms with Gasteiger partial charge in [0.25, 0.3) is 0 Å². The van der Waals surface area contributed by atoms with E-state index in [1.54, 1.807) is 0 Å². The Labute approximate surface area is 194 Å². The molecule has 2 rings (SSSR count). The standard InChI is InChI=1S/C22H38N4O2.HI/c1-5-25(6-2)16-17-28-20-10-8-19(9-11-20)18-24-22(23-4)26-14-12-21(13-15-26)27-7-3;/h8-11,21H,5-7,12-18H2,1-4H3,(H,23,24);1H. The van der Waals surface area contributed by atoms with Crippen LogP contribution in [0, 0.1) is 0 Å². The van der Waals surface area contributed by atoms with Gasteiger partial charge in [-0.3, -0.25) is 4.99 Å². The van der Waals surface area contributed by atoms with Crippen LogP contribution >= 0.6 is 24.0 Å². The predicted molar refractivity (Wildman–Crippen MR) is 132 cm³/mol. The van der Waals surface area contributed by atoms with Gasteiger partial charge in [-0.25, -0.2) is 0 Å². The molecular formula is C22H39IN4O2. The number of benzene rings is 1. The summed E-state index contributed by atoms with van der Waals surface area (Å²) in [6.07, 6.45) is 2.52. The Hall–Kier alpha value is -1.06. The minimum atomic E-state index is 0. The van der Waals surface area contributed by atoms with Gasteiger partial charge in [0.15, 0.2) is 5.96 Å². The average Bonchev–Trinajstić information content (AvgIpc) is 2.74. The highest BCUT2D eigenvalue weighted by atomic mass is 127. The minimum Gasteiger partial charge on any atom is -0.492 e. The molecule has 1 aliphatic rings. The quantitative estimate of drug-likeness (QED) is 0.292. The molecule has 0 radical (unpaired) electrons. The molecule has 0 amide bonds. The van der Waals surface area contributed by atoms with Gasteiger partial charge in [0.2, 0.25) is 0 Å². The third-order valence-electron chi connectivity index (χ3n) is 5.30. The summed E-state index contributed by atoms with van der Waals surface area (Å²) < 4.78 is 11.6. The molecule has 6 nitrogen and oxygen atoms in total. The smallest absolute Gasteiger partial charge is 0.193 e. The second-order valence-corrected chi connectivity index (χ2v) is 7.06. The lowest BCUT2D eigenvalue weighted by Crippen LogP contribution is -2.46. The fraction of sp³-hybridized carbons (Fsp3) is 0.682. The lowest BCUT2D eigenvalue weighted by atomic mass is 10.1. The number of ether oxygens (including phenoxy) is 2. The second kappa shape index (κ2) is 14.8. The zero-order valence-corrected chi connectivity index (χ0v) is 20.9. The van der Waals surface area contributed by atoms with Crippen molar-refractivity contribution in [2.45, 2.75) is 46.3 Å². The van der Waals surface area contributed by atoms with Gasteiger partial charge in [-0.05, 0) is 50.6 Å². The van der Waals surface area contributed by atoms with Crippen LogP contribution in [0.1, 0.15) is 39.2 Å². The zero-order valence-electron chi connectivity index (χ0n) is 18.5. The maximum Gasteiger partial charge on any atom is 0.193 e. The molecule has 0 unspecified atom stereocenters. The molecule has 1 saturated heterocycles. The number of rotatable bonds is 10. The molecule has 0 aromatic heterocycles. The highest BCUT2D eigenvalue weighted by Crippen LogP contribution is 2.15. The molecule has 1 heterocycles. The molecule has 1 aromatic carbocycles. The Morgan fingerprint density at radius 3 is 2.34 bits per heavy atom. The van der Waals surface area contributed by atoms with Crippen molar-refractivity contribution in [3.05, 3.63) is 29.8 Å². The number of nitrogens with one attached hydrogen (secondary N) is 1. The van der Waals surface area contributed by atoms with Crippen LogP contribution in [0.4, 0.5) is 0 Å². The van der Waals surface area contributed by atoms with Crippen molar-refractivity contribution in [2.75, 3.05) is 53.0 Å². The molecule has 1 fully saturated rings. The van der Waals surface area contributed by atoms with Crippen LogP contribution in [0.15, 0.2) is 29.3 Å². The van der Waals surface area contributed by atoms with Crippen LogP contribution in [-0.2, 0) is 11.3 Å². The van der Waals surface area contributed by atoms with E-state index >= 15 is 0 Å². The first-order chi connectivity index (χ1) is 13.7. The molecule has 1 N–H and O–H groups in total. The van der Waals surface area contributed by atoms with E-state index in [0.717, 1.165) is 77.0 Å². The first kappa shape index (κ1) is 26.0. The van der Waals surface area contributed by atoms with Gasteiger partial charge in [-0.2, -0.15) is 0 Å². The molecule has 0 aliphatic carbocycles. The largest absolute Gasteiger partial charge is 0.492 e. The van der Waals surface area contributed by atoms with Gasteiger partial charge in [0, 0.05) is 39.8 Å². The first-order valence-electron chi connectivity index (χ1n) is 10.7. The van der Waals surface area contributed by atoms with Crippen molar-refractivity contribution < 1.29 is 9.47 Å². The van der Waals surface area contributed by atoms with Gasteiger partial charge in [-0.1, -0.05) is 26.0 Å². The van der Waals surface area contributed by atoms with E-state index in [1.165, 1.54) is 5.56 Å². The topological polar surface area (TPSA) is 49.3 Å². The van der Waals surface area contributed by atoms with Crippen LogP contribution in [0.5, 0.6) is 5.75 Å². The van der Waals surface area contributed by atoms with Crippen LogP contribution in [0.3, 0.4) is 0 Å². The zero-order chi connectivity index (χ0) is 20.2. The third kappa shape index (κ3) is 9.09. The normalized spacial score (nSPS) is 15.3. The maximum atomic E-state index is 5.86. The molecule has 0 atom stereocenters. The summed E-state index contributed by atoms with van der Waals surface area (Å²) in [6, 6.07) is 8.34. The molecule has 0 bridgehead atoms. The van der Waals surface area contributed by atoms with Gasteiger partial charge < -0.3 is 24.6 Å². The third-order valence-corrected chi connectivity index (χ3v) is 5.30. The molecule has 0 saturated carbocycles. The molecule has 166 valence electrons. The Bertz CT molecular complexity index is 571. The summed E-state index contributed by atoms with van der Waals surface area (Å²) in [7, 11) is 1.85. The first-order valence-corrected chi connectivity index (χ1v) is 10.7. The Morgan fingerprint density at radius 2 is 1.79 bits per heavy atom. The Kier molecular flexibility index (Phi) is 13.3. The highest BCUT2D eigenvalue weighted by Gasteiger charge is 2.21. The van der Waals surface area contributed by atoms with Crippen molar-refractivity contribution in [2.24, 2.45) is 4.99 Å². The fourth-order valence-corrected chi connectivity index (χ4v) is 3.52. The number of halogens is 1. The van der Waals surface area contributed by atoms with Crippen LogP contribution in [0.2, 0.25) is 0 Å². The van der Waals surface area contributed by atoms with E-state index in [9.17, 15) is 0 Å². The van der Waals surface area contributed by atoms with Gasteiger partial charge in [0.1, 0.15) is 12.4 Å². The van der Waals surface area contributed by atoms with E-state index < -0.39 is 0 Å². The van der Waals surface area contributed by atoms with Crippen molar-refractivity contribution >= 4 is 29.9 Å². The Morgan fingerprint density at radius 1 is 1.14 bits per heavy atom. The number of nitrogens with zero attached hydrogens (tertiary/aromatic N) is 3. The lowest BCUT2D eigenvalue weighted by Gasteiger charge is -2.34.